The van der Waals surface area contributed by atoms with Crippen molar-refractivity contribution in [2.45, 2.75) is 92.5 Å². The fourth-order valence-electron chi connectivity index (χ4n) is 1.53. The molecule has 22 heavy (non-hydrogen) atoms. The summed E-state index contributed by atoms with van der Waals surface area (Å²) in [5.74, 6) is 0. The summed E-state index contributed by atoms with van der Waals surface area (Å²) < 4.78 is 11.6. The van der Waals surface area contributed by atoms with Crippen molar-refractivity contribution in [1.82, 2.24) is 4.67 Å². The molecule has 0 aliphatic carbocycles. The van der Waals surface area contributed by atoms with Crippen LogP contribution in [-0.4, -0.2) is 43.9 Å². The minimum absolute atomic E-state index is 0.195. The van der Waals surface area contributed by atoms with Gasteiger partial charge in [-0.3, -0.25) is 0 Å². The van der Waals surface area contributed by atoms with Gasteiger partial charge in [0.05, 0.1) is 0 Å². The number of carbonyl (C=O) groups excluding carboxylic acids is 1. The molecule has 0 aromatic carbocycles. The van der Waals surface area contributed by atoms with Gasteiger partial charge in [0.2, 0.25) is 0 Å². The van der Waals surface area contributed by atoms with E-state index in [1.807, 2.05) is 27.7 Å². The Morgan fingerprint density at radius 1 is 0.864 bits per heavy atom. The van der Waals surface area contributed by atoms with Gasteiger partial charge >= 0.3 is 6.16 Å². The fraction of sp³-hybridized carbons (Fsp3) is 0.933. The molecule has 0 aromatic heterocycles. The van der Waals surface area contributed by atoms with Crippen LogP contribution in [0.5, 0.6) is 0 Å². The standard InChI is InChI=1S/C9H18O3.C6H16NO2P/c1-8(2,3)11-7(10)12-9(4,5)6;1-5(2)7(6(3)4)10(8)9/h1-6H3;5-6,8-9H,1-4H3. The van der Waals surface area contributed by atoms with E-state index in [1.165, 1.54) is 0 Å². The topological polar surface area (TPSA) is 79.2 Å². The number of carbonyl (C=O) groups is 1. The normalized spacial score (nSPS) is 12.5. The van der Waals surface area contributed by atoms with Gasteiger partial charge in [-0.25, -0.2) is 9.46 Å². The Hall–Kier alpha value is -0.420. The summed E-state index contributed by atoms with van der Waals surface area (Å²) in [7, 11) is -1.91. The first-order valence-corrected chi connectivity index (χ1v) is 8.65. The Bertz CT molecular complexity index is 282. The van der Waals surface area contributed by atoms with Gasteiger partial charge in [-0.1, -0.05) is 0 Å². The van der Waals surface area contributed by atoms with Crippen LogP contribution in [0, 0.1) is 0 Å². The molecule has 0 aliphatic heterocycles. The zero-order valence-corrected chi connectivity index (χ0v) is 16.6. The smallest absolute Gasteiger partial charge is 0.429 e. The highest BCUT2D eigenvalue weighted by Gasteiger charge is 2.22. The van der Waals surface area contributed by atoms with E-state index < -0.39 is 25.9 Å². The number of nitrogens with zero attached hydrogens (tertiary/aromatic N) is 1. The predicted octanol–water partition coefficient (Wildman–Crippen LogP) is 4.05. The van der Waals surface area contributed by atoms with Crippen LogP contribution in [0.25, 0.3) is 0 Å². The summed E-state index contributed by atoms with van der Waals surface area (Å²) in [6, 6.07) is 0.391. The van der Waals surface area contributed by atoms with E-state index in [-0.39, 0.29) is 12.1 Å². The second-order valence-electron chi connectivity index (χ2n) is 7.51. The number of hydrogen-bond acceptors (Lipinski definition) is 6. The van der Waals surface area contributed by atoms with Crippen molar-refractivity contribution in [2.75, 3.05) is 0 Å². The molecule has 0 fully saturated rings. The highest BCUT2D eigenvalue weighted by molar-refractivity contribution is 7.42. The van der Waals surface area contributed by atoms with Gasteiger partial charge in [0.25, 0.3) is 8.53 Å². The van der Waals surface area contributed by atoms with E-state index in [2.05, 4.69) is 0 Å². The van der Waals surface area contributed by atoms with Gasteiger partial charge in [0.1, 0.15) is 11.2 Å². The lowest BCUT2D eigenvalue weighted by molar-refractivity contribution is -0.0468. The van der Waals surface area contributed by atoms with Crippen molar-refractivity contribution in [3.8, 4) is 0 Å². The first-order chi connectivity index (χ1) is 9.57. The van der Waals surface area contributed by atoms with Crippen LogP contribution in [0.3, 0.4) is 0 Å². The average molecular weight is 339 g/mol. The lowest BCUT2D eigenvalue weighted by Gasteiger charge is -2.29. The van der Waals surface area contributed by atoms with Crippen molar-refractivity contribution in [3.05, 3.63) is 0 Å². The molecule has 6 nitrogen and oxygen atoms in total. The number of hydrogen-bond donors (Lipinski definition) is 2. The highest BCUT2D eigenvalue weighted by Crippen LogP contribution is 2.34. The maximum Gasteiger partial charge on any atom is 0.509 e. The van der Waals surface area contributed by atoms with Crippen LogP contribution in [0.4, 0.5) is 4.79 Å². The van der Waals surface area contributed by atoms with Crippen molar-refractivity contribution < 1.29 is 24.1 Å². The molecule has 2 N–H and O–H groups in total. The Kier molecular flexibility index (Phi) is 10.5. The van der Waals surface area contributed by atoms with Crippen molar-refractivity contribution >= 4 is 14.7 Å². The molecule has 0 aliphatic rings. The van der Waals surface area contributed by atoms with Crippen LogP contribution < -0.4 is 0 Å². The highest BCUT2D eigenvalue weighted by atomic mass is 31.2. The summed E-state index contributed by atoms with van der Waals surface area (Å²) in [6.07, 6.45) is -0.616. The summed E-state index contributed by atoms with van der Waals surface area (Å²) in [5.41, 5.74) is -0.968. The van der Waals surface area contributed by atoms with Crippen LogP contribution in [0.1, 0.15) is 69.2 Å². The molecule has 0 heterocycles. The molecule has 0 amide bonds. The monoisotopic (exact) mass is 339 g/mol. The SMILES string of the molecule is CC(C)(C)OC(=O)OC(C)(C)C.CC(C)N(C(C)C)P(O)O. The summed E-state index contributed by atoms with van der Waals surface area (Å²) in [4.78, 5) is 28.8. The van der Waals surface area contributed by atoms with Gasteiger partial charge in [-0.15, -0.1) is 0 Å². The van der Waals surface area contributed by atoms with Gasteiger partial charge in [-0.05, 0) is 69.2 Å². The molecular weight excluding hydrogens is 305 g/mol. The summed E-state index contributed by atoms with van der Waals surface area (Å²) in [5, 5.41) is 0. The van der Waals surface area contributed by atoms with Crippen LogP contribution in [0.2, 0.25) is 0 Å². The van der Waals surface area contributed by atoms with E-state index >= 15 is 0 Å². The Morgan fingerprint density at radius 2 is 1.14 bits per heavy atom. The molecule has 7 heteroatoms. The van der Waals surface area contributed by atoms with E-state index in [0.29, 0.717) is 0 Å². The molecule has 0 spiro atoms. The van der Waals surface area contributed by atoms with Crippen molar-refractivity contribution in [3.63, 3.8) is 0 Å². The van der Waals surface area contributed by atoms with E-state index in [9.17, 15) is 4.79 Å². The Balaban J connectivity index is 0. The van der Waals surface area contributed by atoms with E-state index in [1.54, 1.807) is 46.2 Å². The predicted molar refractivity (Wildman–Crippen MR) is 90.5 cm³/mol. The quantitative estimate of drug-likeness (QED) is 0.596. The summed E-state index contributed by atoms with van der Waals surface area (Å²) >= 11 is 0. The van der Waals surface area contributed by atoms with Crippen LogP contribution in [-0.2, 0) is 9.47 Å². The third kappa shape index (κ3) is 14.5. The van der Waals surface area contributed by atoms with Crippen LogP contribution in [0.15, 0.2) is 0 Å². The maximum absolute atomic E-state index is 11.0. The van der Waals surface area contributed by atoms with Crippen LogP contribution >= 0.6 is 8.53 Å². The third-order valence-electron chi connectivity index (χ3n) is 2.04. The van der Waals surface area contributed by atoms with Crippen molar-refractivity contribution in [2.24, 2.45) is 0 Å². The molecule has 0 radical (unpaired) electrons. The molecule has 0 rings (SSSR count). The molecule has 0 bridgehead atoms. The first kappa shape index (κ1) is 23.8. The maximum atomic E-state index is 11.0. The molecule has 0 aromatic rings. The van der Waals surface area contributed by atoms with E-state index in [0.717, 1.165) is 0 Å². The Morgan fingerprint density at radius 3 is 1.23 bits per heavy atom. The number of ether oxygens (including phenoxy) is 2. The third-order valence-corrected chi connectivity index (χ3v) is 3.38. The zero-order chi connectivity index (χ0) is 18.3. The Labute approximate surface area is 136 Å². The summed E-state index contributed by atoms with van der Waals surface area (Å²) in [6.45, 7) is 18.6. The number of rotatable bonds is 3. The molecule has 0 atom stereocenters. The molecular formula is C15H34NO5P. The molecule has 0 saturated heterocycles. The largest absolute Gasteiger partial charge is 0.509 e. The van der Waals surface area contributed by atoms with Gasteiger partial charge in [-0.2, -0.15) is 0 Å². The average Bonchev–Trinajstić information content (AvgIpc) is 2.07. The van der Waals surface area contributed by atoms with Crippen molar-refractivity contribution in [1.29, 1.82) is 0 Å². The fourth-order valence-corrected chi connectivity index (χ4v) is 2.36. The first-order valence-electron chi connectivity index (χ1n) is 7.45. The lowest BCUT2D eigenvalue weighted by atomic mass is 10.2. The second-order valence-corrected chi connectivity index (χ2v) is 8.51. The minimum atomic E-state index is -1.91. The lowest BCUT2D eigenvalue weighted by Crippen LogP contribution is -2.31. The second kappa shape index (κ2) is 9.66. The van der Waals surface area contributed by atoms with Gasteiger partial charge in [0, 0.05) is 12.1 Å². The van der Waals surface area contributed by atoms with E-state index in [4.69, 9.17) is 19.3 Å². The molecule has 0 saturated carbocycles. The molecule has 134 valence electrons. The van der Waals surface area contributed by atoms with Gasteiger partial charge in [0.15, 0.2) is 0 Å². The zero-order valence-electron chi connectivity index (χ0n) is 15.7. The molecule has 0 unspecified atom stereocenters. The minimum Gasteiger partial charge on any atom is -0.429 e. The van der Waals surface area contributed by atoms with Gasteiger partial charge < -0.3 is 19.3 Å².